The second-order valence-corrected chi connectivity index (χ2v) is 11.3. The molecule has 2 fully saturated rings. The number of nitrogens with one attached hydrogen (secondary N) is 2. The van der Waals surface area contributed by atoms with Crippen LogP contribution in [0.25, 0.3) is 22.4 Å². The van der Waals surface area contributed by atoms with E-state index >= 15 is 4.39 Å². The van der Waals surface area contributed by atoms with E-state index in [-0.39, 0.29) is 23.5 Å². The fourth-order valence-electron chi connectivity index (χ4n) is 5.88. The molecule has 0 bridgehead atoms. The number of hydrogen-bond acceptors (Lipinski definition) is 4. The first-order valence-corrected chi connectivity index (χ1v) is 13.9. The summed E-state index contributed by atoms with van der Waals surface area (Å²) in [5.74, 6) is 0.405. The Morgan fingerprint density at radius 3 is 2.41 bits per heavy atom. The van der Waals surface area contributed by atoms with Gasteiger partial charge in [-0.1, -0.05) is 49.4 Å². The summed E-state index contributed by atoms with van der Waals surface area (Å²) in [6.45, 7) is 1.99. The number of aromatic nitrogens is 1. The van der Waals surface area contributed by atoms with E-state index in [1.165, 1.54) is 6.07 Å². The Labute approximate surface area is 229 Å². The van der Waals surface area contributed by atoms with Crippen LogP contribution >= 0.6 is 0 Å². The summed E-state index contributed by atoms with van der Waals surface area (Å²) in [7, 11) is 1.68. The van der Waals surface area contributed by atoms with Gasteiger partial charge in [0.1, 0.15) is 5.82 Å². The van der Waals surface area contributed by atoms with Crippen molar-refractivity contribution < 1.29 is 14.0 Å². The van der Waals surface area contributed by atoms with Gasteiger partial charge >= 0.3 is 0 Å². The van der Waals surface area contributed by atoms with Gasteiger partial charge in [-0.15, -0.1) is 0 Å². The van der Waals surface area contributed by atoms with E-state index in [0.29, 0.717) is 40.8 Å². The maximum atomic E-state index is 15.0. The third-order valence-electron chi connectivity index (χ3n) is 8.56. The highest BCUT2D eigenvalue weighted by Crippen LogP contribution is 2.44. The van der Waals surface area contributed by atoms with Gasteiger partial charge in [0.15, 0.2) is 0 Å². The van der Waals surface area contributed by atoms with Crippen molar-refractivity contribution in [3.05, 3.63) is 72.2 Å². The van der Waals surface area contributed by atoms with Gasteiger partial charge < -0.3 is 16.4 Å². The Hall–Kier alpha value is -3.58. The molecule has 0 aliphatic heterocycles. The van der Waals surface area contributed by atoms with Gasteiger partial charge in [0.05, 0.1) is 17.6 Å². The first-order valence-electron chi connectivity index (χ1n) is 13.9. The van der Waals surface area contributed by atoms with Crippen LogP contribution in [0.5, 0.6) is 0 Å². The van der Waals surface area contributed by atoms with E-state index in [0.717, 1.165) is 49.7 Å². The molecule has 2 saturated carbocycles. The van der Waals surface area contributed by atoms with Gasteiger partial charge in [0.25, 0.3) is 0 Å². The largest absolute Gasteiger partial charge is 0.359 e. The van der Waals surface area contributed by atoms with Gasteiger partial charge in [-0.3, -0.25) is 14.6 Å². The average molecular weight is 529 g/mol. The molecule has 39 heavy (non-hydrogen) atoms. The highest BCUT2D eigenvalue weighted by Gasteiger charge is 2.42. The van der Waals surface area contributed by atoms with Crippen LogP contribution in [0.15, 0.2) is 60.8 Å². The molecule has 0 spiro atoms. The number of amides is 2. The molecule has 7 heteroatoms. The maximum Gasteiger partial charge on any atom is 0.224 e. The molecule has 5 rings (SSSR count). The maximum absolute atomic E-state index is 15.0. The Morgan fingerprint density at radius 1 is 1.05 bits per heavy atom. The van der Waals surface area contributed by atoms with Crippen LogP contribution in [0.3, 0.4) is 0 Å². The number of halogens is 1. The molecular weight excluding hydrogens is 491 g/mol. The van der Waals surface area contributed by atoms with Gasteiger partial charge in [0, 0.05) is 41.6 Å². The number of pyridine rings is 1. The summed E-state index contributed by atoms with van der Waals surface area (Å²) in [5, 5.41) is 5.78. The lowest BCUT2D eigenvalue weighted by molar-refractivity contribution is -0.126. The van der Waals surface area contributed by atoms with Crippen LogP contribution in [0.1, 0.15) is 57.4 Å². The number of nitrogens with zero attached hydrogens (tertiary/aromatic N) is 1. The van der Waals surface area contributed by atoms with E-state index < -0.39 is 5.54 Å². The monoisotopic (exact) mass is 528 g/mol. The van der Waals surface area contributed by atoms with Crippen LogP contribution < -0.4 is 16.4 Å². The number of rotatable bonds is 8. The lowest BCUT2D eigenvalue weighted by Crippen LogP contribution is -2.33. The van der Waals surface area contributed by atoms with Crippen molar-refractivity contribution in [2.24, 2.45) is 23.5 Å². The van der Waals surface area contributed by atoms with Crippen molar-refractivity contribution in [3.63, 3.8) is 0 Å². The second kappa shape index (κ2) is 11.3. The van der Waals surface area contributed by atoms with Gasteiger partial charge in [0.2, 0.25) is 11.8 Å². The van der Waals surface area contributed by atoms with Crippen LogP contribution in [0, 0.1) is 23.6 Å². The SMILES string of the molecule is CNC(=O)C(C)C1CCC(CC(=O)Nc2cnc(-c3ccc(C4(N)CC4)c(F)c3)c(-c3ccccc3)c2)CC1. The van der Waals surface area contributed by atoms with Crippen LogP contribution in [0.2, 0.25) is 0 Å². The van der Waals surface area contributed by atoms with Crippen molar-refractivity contribution in [2.75, 3.05) is 12.4 Å². The molecule has 2 aromatic carbocycles. The number of nitrogens with two attached hydrogens (primary N) is 1. The van der Waals surface area contributed by atoms with E-state index in [1.807, 2.05) is 49.4 Å². The quantitative estimate of drug-likeness (QED) is 0.333. The molecule has 1 unspecified atom stereocenters. The minimum Gasteiger partial charge on any atom is -0.359 e. The zero-order valence-corrected chi connectivity index (χ0v) is 22.7. The van der Waals surface area contributed by atoms with Crippen molar-refractivity contribution in [3.8, 4) is 22.4 Å². The molecule has 0 radical (unpaired) electrons. The number of anilines is 1. The molecular formula is C32H37FN4O2. The van der Waals surface area contributed by atoms with Crippen molar-refractivity contribution >= 4 is 17.5 Å². The predicted octanol–water partition coefficient (Wildman–Crippen LogP) is 6.02. The molecule has 0 saturated heterocycles. The third kappa shape index (κ3) is 6.04. The normalized spacial score (nSPS) is 20.6. The summed E-state index contributed by atoms with van der Waals surface area (Å²) >= 11 is 0. The fraction of sp³-hybridized carbons (Fsp3) is 0.406. The van der Waals surface area contributed by atoms with Crippen LogP contribution in [0.4, 0.5) is 10.1 Å². The first kappa shape index (κ1) is 27.0. The minimum atomic E-state index is -0.548. The highest BCUT2D eigenvalue weighted by atomic mass is 19.1. The van der Waals surface area contributed by atoms with E-state index in [1.54, 1.807) is 19.3 Å². The zero-order chi connectivity index (χ0) is 27.6. The Morgan fingerprint density at radius 2 is 1.77 bits per heavy atom. The molecule has 1 heterocycles. The van der Waals surface area contributed by atoms with Crippen LogP contribution in [-0.4, -0.2) is 23.8 Å². The predicted molar refractivity (Wildman–Crippen MR) is 152 cm³/mol. The summed E-state index contributed by atoms with van der Waals surface area (Å²) in [5.41, 5.74) is 9.92. The third-order valence-corrected chi connectivity index (χ3v) is 8.56. The molecule has 4 N–H and O–H groups in total. The Kier molecular flexibility index (Phi) is 7.80. The second-order valence-electron chi connectivity index (χ2n) is 11.3. The zero-order valence-electron chi connectivity index (χ0n) is 22.7. The highest BCUT2D eigenvalue weighted by molar-refractivity contribution is 5.93. The number of carbonyl (C=O) groups is 2. The Bertz CT molecular complexity index is 1350. The molecule has 2 amide bonds. The summed E-state index contributed by atoms with van der Waals surface area (Å²) in [6, 6.07) is 16.9. The molecule has 1 atom stereocenters. The smallest absolute Gasteiger partial charge is 0.224 e. The molecule has 1 aromatic heterocycles. The summed E-state index contributed by atoms with van der Waals surface area (Å²) < 4.78 is 15.0. The molecule has 6 nitrogen and oxygen atoms in total. The average Bonchev–Trinajstić information content (AvgIpc) is 3.70. The lowest BCUT2D eigenvalue weighted by Gasteiger charge is -2.31. The molecule has 3 aromatic rings. The van der Waals surface area contributed by atoms with Crippen molar-refractivity contribution in [1.29, 1.82) is 0 Å². The van der Waals surface area contributed by atoms with Crippen LogP contribution in [-0.2, 0) is 15.1 Å². The van der Waals surface area contributed by atoms with Gasteiger partial charge in [-0.2, -0.15) is 0 Å². The van der Waals surface area contributed by atoms with Crippen molar-refractivity contribution in [2.45, 2.75) is 57.4 Å². The molecule has 204 valence electrons. The Balaban J connectivity index is 1.30. The first-order chi connectivity index (χ1) is 18.8. The number of carbonyl (C=O) groups excluding carboxylic acids is 2. The van der Waals surface area contributed by atoms with E-state index in [9.17, 15) is 9.59 Å². The summed E-state index contributed by atoms with van der Waals surface area (Å²) in [4.78, 5) is 29.6. The molecule has 2 aliphatic carbocycles. The molecule has 2 aliphatic rings. The van der Waals surface area contributed by atoms with Gasteiger partial charge in [-0.05, 0) is 68.1 Å². The van der Waals surface area contributed by atoms with E-state index in [2.05, 4.69) is 15.6 Å². The van der Waals surface area contributed by atoms with Crippen molar-refractivity contribution in [1.82, 2.24) is 10.3 Å². The number of hydrogen-bond donors (Lipinski definition) is 3. The van der Waals surface area contributed by atoms with E-state index in [4.69, 9.17) is 5.73 Å². The summed E-state index contributed by atoms with van der Waals surface area (Å²) in [6.07, 6.45) is 7.47. The fourth-order valence-corrected chi connectivity index (χ4v) is 5.88. The topological polar surface area (TPSA) is 97.1 Å². The van der Waals surface area contributed by atoms with Gasteiger partial charge in [-0.25, -0.2) is 4.39 Å². The standard InChI is InChI=1S/C32H37FN4O2/c1-20(31(39)35-2)22-10-8-21(9-11-22)16-29(38)37-25-18-26(23-6-4-3-5-7-23)30(36-19-25)24-12-13-27(28(33)17-24)32(34)14-15-32/h3-7,12-13,17-22H,8-11,14-16,34H2,1-2H3,(H,35,39)(H,37,38). The lowest BCUT2D eigenvalue weighted by atomic mass is 9.75. The number of benzene rings is 2. The minimum absolute atomic E-state index is 0.000537.